The van der Waals surface area contributed by atoms with Crippen molar-refractivity contribution in [1.82, 2.24) is 0 Å². The van der Waals surface area contributed by atoms with Gasteiger partial charge in [0.15, 0.2) is 5.75 Å². The molecule has 1 aromatic rings. The van der Waals surface area contributed by atoms with Crippen LogP contribution in [-0.4, -0.2) is 16.6 Å². The molecule has 1 rings (SSSR count). The van der Waals surface area contributed by atoms with Crippen molar-refractivity contribution >= 4 is 17.3 Å². The van der Waals surface area contributed by atoms with Gasteiger partial charge < -0.3 is 10.8 Å². The van der Waals surface area contributed by atoms with Gasteiger partial charge >= 0.3 is 5.69 Å². The van der Waals surface area contributed by atoms with Gasteiger partial charge in [0.2, 0.25) is 0 Å². The van der Waals surface area contributed by atoms with Crippen molar-refractivity contribution < 1.29 is 10.0 Å². The van der Waals surface area contributed by atoms with E-state index in [-0.39, 0.29) is 16.5 Å². The summed E-state index contributed by atoms with van der Waals surface area (Å²) in [5.74, 6) is -0.321. The van der Waals surface area contributed by atoms with Crippen molar-refractivity contribution in [3.8, 4) is 5.75 Å². The Hall–Kier alpha value is -1.33. The maximum Gasteiger partial charge on any atom is 0.312 e. The highest BCUT2D eigenvalue weighted by Gasteiger charge is 2.17. The summed E-state index contributed by atoms with van der Waals surface area (Å²) in [6.07, 6.45) is 1.12. The summed E-state index contributed by atoms with van der Waals surface area (Å²) in [7, 11) is 0. The Morgan fingerprint density at radius 3 is 2.73 bits per heavy atom. The number of benzene rings is 1. The fourth-order valence-electron chi connectivity index (χ4n) is 1.26. The number of halogens is 1. The van der Waals surface area contributed by atoms with E-state index in [9.17, 15) is 15.2 Å². The van der Waals surface area contributed by atoms with Crippen LogP contribution < -0.4 is 5.73 Å². The Bertz CT molecular complexity index is 382. The normalized spacial score (nSPS) is 10.3. The molecular weight excluding hydrogens is 220 g/mol. The number of hydrogen-bond acceptors (Lipinski definition) is 4. The molecule has 0 fully saturated rings. The van der Waals surface area contributed by atoms with Gasteiger partial charge in [-0.3, -0.25) is 10.1 Å². The lowest BCUT2D eigenvalue weighted by atomic mass is 10.1. The zero-order chi connectivity index (χ0) is 11.4. The lowest BCUT2D eigenvalue weighted by Gasteiger charge is -2.04. The highest BCUT2D eigenvalue weighted by molar-refractivity contribution is 6.31. The number of nitrogens with zero attached hydrogens (tertiary/aromatic N) is 1. The molecule has 0 aliphatic heterocycles. The highest BCUT2D eigenvalue weighted by Crippen LogP contribution is 2.33. The van der Waals surface area contributed by atoms with Gasteiger partial charge in [0.05, 0.1) is 4.92 Å². The van der Waals surface area contributed by atoms with Crippen LogP contribution in [0.5, 0.6) is 5.75 Å². The molecule has 0 amide bonds. The van der Waals surface area contributed by atoms with Crippen LogP contribution in [0, 0.1) is 10.1 Å². The smallest absolute Gasteiger partial charge is 0.312 e. The van der Waals surface area contributed by atoms with Gasteiger partial charge in [-0.2, -0.15) is 0 Å². The van der Waals surface area contributed by atoms with Gasteiger partial charge in [0.1, 0.15) is 0 Å². The molecule has 1 aromatic carbocycles. The molecule has 0 bridgehead atoms. The zero-order valence-electron chi connectivity index (χ0n) is 7.94. The first-order valence-corrected chi connectivity index (χ1v) is 4.80. The topological polar surface area (TPSA) is 89.4 Å². The lowest BCUT2D eigenvalue weighted by molar-refractivity contribution is -0.385. The summed E-state index contributed by atoms with van der Waals surface area (Å²) in [6, 6.07) is 2.64. The minimum atomic E-state index is -0.660. The Morgan fingerprint density at radius 2 is 2.20 bits per heavy atom. The third-order valence-electron chi connectivity index (χ3n) is 1.98. The predicted octanol–water partition coefficient (Wildman–Crippen LogP) is 1.85. The summed E-state index contributed by atoms with van der Waals surface area (Å²) in [5, 5.41) is 20.4. The largest absolute Gasteiger partial charge is 0.502 e. The van der Waals surface area contributed by atoms with Gasteiger partial charge in [0, 0.05) is 16.7 Å². The van der Waals surface area contributed by atoms with Gasteiger partial charge in [-0.15, -0.1) is 0 Å². The molecule has 0 aromatic heterocycles. The number of phenols is 1. The van der Waals surface area contributed by atoms with Crippen LogP contribution in [0.1, 0.15) is 12.0 Å². The van der Waals surface area contributed by atoms with E-state index in [0.29, 0.717) is 24.9 Å². The van der Waals surface area contributed by atoms with E-state index in [1.165, 1.54) is 6.07 Å². The maximum atomic E-state index is 10.6. The molecule has 15 heavy (non-hydrogen) atoms. The van der Waals surface area contributed by atoms with E-state index < -0.39 is 4.92 Å². The average Bonchev–Trinajstić information content (AvgIpc) is 2.18. The van der Waals surface area contributed by atoms with Crippen molar-refractivity contribution in [2.45, 2.75) is 12.8 Å². The zero-order valence-corrected chi connectivity index (χ0v) is 8.70. The number of hydrogen-bond donors (Lipinski definition) is 2. The molecule has 0 radical (unpaired) electrons. The van der Waals surface area contributed by atoms with Crippen molar-refractivity contribution in [3.05, 3.63) is 32.8 Å². The second-order valence-corrected chi connectivity index (χ2v) is 3.52. The molecule has 0 aliphatic rings. The van der Waals surface area contributed by atoms with E-state index >= 15 is 0 Å². The third-order valence-corrected chi connectivity index (χ3v) is 2.20. The van der Waals surface area contributed by atoms with Crippen molar-refractivity contribution in [2.75, 3.05) is 6.54 Å². The van der Waals surface area contributed by atoms with Gasteiger partial charge in [0.25, 0.3) is 0 Å². The summed E-state index contributed by atoms with van der Waals surface area (Å²) >= 11 is 5.70. The maximum absolute atomic E-state index is 10.6. The van der Waals surface area contributed by atoms with E-state index in [0.717, 1.165) is 6.07 Å². The SMILES string of the molecule is NCCCc1cc(Cl)cc([N+](=O)[O-])c1O. The molecular formula is C9H11ClN2O3. The number of aryl methyl sites for hydroxylation is 1. The van der Waals surface area contributed by atoms with Crippen molar-refractivity contribution in [2.24, 2.45) is 5.73 Å². The first kappa shape index (κ1) is 11.7. The third kappa shape index (κ3) is 2.81. The quantitative estimate of drug-likeness (QED) is 0.610. The van der Waals surface area contributed by atoms with Crippen LogP contribution in [0.3, 0.4) is 0 Å². The fourth-order valence-corrected chi connectivity index (χ4v) is 1.50. The fraction of sp³-hybridized carbons (Fsp3) is 0.333. The highest BCUT2D eigenvalue weighted by atomic mass is 35.5. The molecule has 0 heterocycles. The summed E-state index contributed by atoms with van der Waals surface area (Å²) in [4.78, 5) is 9.90. The van der Waals surface area contributed by atoms with Crippen molar-refractivity contribution in [3.63, 3.8) is 0 Å². The van der Waals surface area contributed by atoms with Crippen LogP contribution in [0.2, 0.25) is 5.02 Å². The Kier molecular flexibility index (Phi) is 3.88. The number of phenolic OH excluding ortho intramolecular Hbond substituents is 1. The summed E-state index contributed by atoms with van der Waals surface area (Å²) < 4.78 is 0. The van der Waals surface area contributed by atoms with Crippen LogP contribution >= 0.6 is 11.6 Å². The molecule has 3 N–H and O–H groups in total. The second-order valence-electron chi connectivity index (χ2n) is 3.08. The lowest BCUT2D eigenvalue weighted by Crippen LogP contribution is -2.01. The number of nitro benzene ring substituents is 1. The Morgan fingerprint density at radius 1 is 1.53 bits per heavy atom. The average molecular weight is 231 g/mol. The van der Waals surface area contributed by atoms with Crippen LogP contribution in [0.15, 0.2) is 12.1 Å². The first-order valence-electron chi connectivity index (χ1n) is 4.42. The molecule has 82 valence electrons. The summed E-state index contributed by atoms with van der Waals surface area (Å²) in [6.45, 7) is 0.458. The van der Waals surface area contributed by atoms with Crippen LogP contribution in [0.4, 0.5) is 5.69 Å². The second kappa shape index (κ2) is 4.95. The standard InChI is InChI=1S/C9H11ClN2O3/c10-7-4-6(2-1-3-11)9(13)8(5-7)12(14)15/h4-5,13H,1-3,11H2. The van der Waals surface area contributed by atoms with E-state index in [1.807, 2.05) is 0 Å². The van der Waals surface area contributed by atoms with E-state index in [1.54, 1.807) is 0 Å². The van der Waals surface area contributed by atoms with Crippen LogP contribution in [-0.2, 0) is 6.42 Å². The van der Waals surface area contributed by atoms with Gasteiger partial charge in [-0.1, -0.05) is 11.6 Å². The minimum absolute atomic E-state index is 0.242. The molecule has 0 spiro atoms. The molecule has 0 saturated carbocycles. The van der Waals surface area contributed by atoms with Crippen molar-refractivity contribution in [1.29, 1.82) is 0 Å². The Labute approximate surface area is 91.6 Å². The van der Waals surface area contributed by atoms with E-state index in [4.69, 9.17) is 17.3 Å². The molecule has 0 saturated heterocycles. The number of nitrogens with two attached hydrogens (primary N) is 1. The predicted molar refractivity (Wildman–Crippen MR) is 57.1 cm³/mol. The van der Waals surface area contributed by atoms with Gasteiger partial charge in [-0.05, 0) is 25.5 Å². The number of nitro groups is 1. The minimum Gasteiger partial charge on any atom is -0.502 e. The van der Waals surface area contributed by atoms with Gasteiger partial charge in [-0.25, -0.2) is 0 Å². The number of aromatic hydroxyl groups is 1. The molecule has 6 heteroatoms. The Balaban J connectivity index is 3.10. The molecule has 0 atom stereocenters. The number of rotatable bonds is 4. The van der Waals surface area contributed by atoms with Crippen LogP contribution in [0.25, 0.3) is 0 Å². The monoisotopic (exact) mass is 230 g/mol. The summed E-state index contributed by atoms with van der Waals surface area (Å²) in [5.41, 5.74) is 5.41. The first-order chi connectivity index (χ1) is 7.06. The van der Waals surface area contributed by atoms with E-state index in [2.05, 4.69) is 0 Å². The molecule has 0 unspecified atom stereocenters. The molecule has 5 nitrogen and oxygen atoms in total. The molecule has 0 aliphatic carbocycles.